The van der Waals surface area contributed by atoms with E-state index in [1.54, 1.807) is 6.92 Å². The van der Waals surface area contributed by atoms with Crippen molar-refractivity contribution in [1.82, 2.24) is 9.55 Å². The molecule has 1 saturated carbocycles. The van der Waals surface area contributed by atoms with Crippen LogP contribution in [0.4, 0.5) is 13.2 Å². The minimum Gasteiger partial charge on any atom is -0.331 e. The lowest BCUT2D eigenvalue weighted by Crippen LogP contribution is -2.14. The lowest BCUT2D eigenvalue weighted by atomic mass is 9.98. The van der Waals surface area contributed by atoms with E-state index in [4.69, 9.17) is 4.98 Å². The van der Waals surface area contributed by atoms with Crippen LogP contribution in [0.15, 0.2) is 40.0 Å². The molecule has 1 aromatic heterocycles. The van der Waals surface area contributed by atoms with Crippen LogP contribution in [-0.2, 0) is 19.9 Å². The first-order valence-electron chi connectivity index (χ1n) is 11.6. The molecule has 1 aromatic carbocycles. The van der Waals surface area contributed by atoms with E-state index in [1.165, 1.54) is 23.6 Å². The summed E-state index contributed by atoms with van der Waals surface area (Å²) in [6.45, 7) is 8.05. The quantitative estimate of drug-likeness (QED) is 0.480. The first-order valence-corrected chi connectivity index (χ1v) is 11.6. The predicted octanol–water partition coefficient (Wildman–Crippen LogP) is 7.21. The van der Waals surface area contributed by atoms with Crippen LogP contribution in [0.2, 0.25) is 0 Å². The number of alkyl halides is 3. The van der Waals surface area contributed by atoms with Gasteiger partial charge in [0.05, 0.1) is 11.0 Å². The molecule has 32 heavy (non-hydrogen) atoms. The average molecular weight is 444 g/mol. The Kier molecular flexibility index (Phi) is 6.08. The number of aryl methyl sites for hydroxylation is 3. The van der Waals surface area contributed by atoms with Crippen molar-refractivity contribution < 1.29 is 13.2 Å². The summed E-state index contributed by atoms with van der Waals surface area (Å²) in [6, 6.07) is 4.47. The highest BCUT2D eigenvalue weighted by Gasteiger charge is 2.36. The van der Waals surface area contributed by atoms with Crippen LogP contribution in [-0.4, -0.2) is 21.4 Å². The topological polar surface area (TPSA) is 30.2 Å². The molecular weight excluding hydrogens is 411 g/mol. The second-order valence-electron chi connectivity index (χ2n) is 9.41. The summed E-state index contributed by atoms with van der Waals surface area (Å²) in [4.78, 5) is 9.57. The van der Waals surface area contributed by atoms with Gasteiger partial charge < -0.3 is 4.57 Å². The zero-order valence-electron chi connectivity index (χ0n) is 19.6. The van der Waals surface area contributed by atoms with E-state index in [9.17, 15) is 13.2 Å². The molecule has 0 radical (unpaired) electrons. The largest absolute Gasteiger partial charge is 0.412 e. The summed E-state index contributed by atoms with van der Waals surface area (Å²) in [5.74, 6) is 2.41. The lowest BCUT2D eigenvalue weighted by molar-refractivity contribution is -0.0938. The van der Waals surface area contributed by atoms with Crippen molar-refractivity contribution in [3.8, 4) is 0 Å². The van der Waals surface area contributed by atoms with Gasteiger partial charge in [0.15, 0.2) is 0 Å². The van der Waals surface area contributed by atoms with E-state index in [-0.39, 0.29) is 6.42 Å². The minimum absolute atomic E-state index is 0.000208. The molecule has 1 fully saturated rings. The van der Waals surface area contributed by atoms with Gasteiger partial charge in [-0.2, -0.15) is 13.2 Å². The number of nitrogens with zero attached hydrogens (tertiary/aromatic N) is 3. The molecule has 4 rings (SSSR count). The lowest BCUT2D eigenvalue weighted by Gasteiger charge is -2.16. The van der Waals surface area contributed by atoms with Crippen molar-refractivity contribution in [2.45, 2.75) is 78.3 Å². The van der Waals surface area contributed by atoms with E-state index >= 15 is 0 Å². The number of imidazole rings is 1. The molecule has 2 heterocycles. The van der Waals surface area contributed by atoms with Crippen LogP contribution < -0.4 is 0 Å². The first-order chi connectivity index (χ1) is 15.1. The van der Waals surface area contributed by atoms with Crippen LogP contribution in [0.3, 0.4) is 0 Å². The predicted molar refractivity (Wildman–Crippen MR) is 124 cm³/mol. The number of fused-ring (bicyclic) bond motifs is 1. The van der Waals surface area contributed by atoms with Crippen molar-refractivity contribution in [1.29, 1.82) is 0 Å². The van der Waals surface area contributed by atoms with E-state index in [0.29, 0.717) is 30.9 Å². The Hall–Kier alpha value is -2.37. The molecule has 172 valence electrons. The van der Waals surface area contributed by atoms with Gasteiger partial charge in [0, 0.05) is 30.5 Å². The fourth-order valence-corrected chi connectivity index (χ4v) is 4.93. The number of halogens is 3. The van der Waals surface area contributed by atoms with Gasteiger partial charge >= 0.3 is 6.18 Å². The monoisotopic (exact) mass is 443 g/mol. The number of hydrogen-bond acceptors (Lipinski definition) is 2. The standard InChI is InChI=1S/C26H32F3N3/c1-6-19-20(21-13-16(21)3)9-11-23-25(19)31-24(32(23)5)12-10-22-15(2)7-8-18(26(27,28)29)14-17(4)30-22/h9,11,14,16,21H,6-8,10,12-13H2,1-5H3/b18-14+,22-15?,30-17?. The minimum atomic E-state index is -4.30. The molecule has 6 heteroatoms. The van der Waals surface area contributed by atoms with Gasteiger partial charge in [0.1, 0.15) is 5.82 Å². The second kappa shape index (κ2) is 8.53. The maximum absolute atomic E-state index is 13.2. The fraction of sp³-hybridized carbons (Fsp3) is 0.538. The number of aromatic nitrogens is 2. The maximum atomic E-state index is 13.2. The number of hydrogen-bond donors (Lipinski definition) is 0. The molecule has 2 unspecified atom stereocenters. The molecule has 2 aromatic rings. The summed E-state index contributed by atoms with van der Waals surface area (Å²) < 4.78 is 41.7. The molecule has 0 spiro atoms. The average Bonchev–Trinajstić information content (AvgIpc) is 3.36. The van der Waals surface area contributed by atoms with Crippen molar-refractivity contribution >= 4 is 16.7 Å². The first kappa shape index (κ1) is 22.8. The second-order valence-corrected chi connectivity index (χ2v) is 9.41. The molecule has 0 saturated heterocycles. The van der Waals surface area contributed by atoms with Gasteiger partial charge in [-0.1, -0.05) is 25.5 Å². The number of allylic oxidation sites excluding steroid dienone is 4. The van der Waals surface area contributed by atoms with Crippen molar-refractivity contribution in [3.63, 3.8) is 0 Å². The molecule has 1 aliphatic carbocycles. The summed E-state index contributed by atoms with van der Waals surface area (Å²) in [7, 11) is 2.05. The third-order valence-electron chi connectivity index (χ3n) is 7.06. The SMILES string of the molecule is CCc1c(C2CC2C)ccc2c1nc(CCC1=C(C)CC/C(C(F)(F)F)=C\C(C)=N1)n2C. The molecule has 2 atom stereocenters. The normalized spacial score (nSPS) is 23.6. The molecule has 3 nitrogen and oxygen atoms in total. The van der Waals surface area contributed by atoms with Crippen LogP contribution in [0, 0.1) is 5.92 Å². The zero-order valence-corrected chi connectivity index (χ0v) is 19.6. The highest BCUT2D eigenvalue weighted by atomic mass is 19.4. The highest BCUT2D eigenvalue weighted by molar-refractivity contribution is 5.94. The molecule has 0 bridgehead atoms. The van der Waals surface area contributed by atoms with Crippen molar-refractivity contribution in [2.75, 3.05) is 0 Å². The van der Waals surface area contributed by atoms with E-state index in [1.807, 2.05) is 6.92 Å². The van der Waals surface area contributed by atoms with E-state index in [2.05, 4.69) is 42.6 Å². The summed E-state index contributed by atoms with van der Waals surface area (Å²) in [5.41, 5.74) is 6.78. The molecule has 0 amide bonds. The number of rotatable bonds is 5. The van der Waals surface area contributed by atoms with Crippen LogP contribution in [0.1, 0.15) is 76.2 Å². The van der Waals surface area contributed by atoms with Crippen molar-refractivity contribution in [3.05, 3.63) is 52.0 Å². The third kappa shape index (κ3) is 4.41. The number of aliphatic imine (C=N–C) groups is 1. The zero-order chi connectivity index (χ0) is 23.2. The van der Waals surface area contributed by atoms with Gasteiger partial charge in [-0.25, -0.2) is 4.98 Å². The Bertz CT molecular complexity index is 1130. The van der Waals surface area contributed by atoms with E-state index < -0.39 is 11.7 Å². The Morgan fingerprint density at radius 2 is 1.84 bits per heavy atom. The Labute approximate surface area is 188 Å². The molecular formula is C26H32F3N3. The summed E-state index contributed by atoms with van der Waals surface area (Å²) in [5, 5.41) is 0. The van der Waals surface area contributed by atoms with Gasteiger partial charge in [-0.15, -0.1) is 0 Å². The maximum Gasteiger partial charge on any atom is 0.412 e. The summed E-state index contributed by atoms with van der Waals surface area (Å²) >= 11 is 0. The van der Waals surface area contributed by atoms with Crippen LogP contribution >= 0.6 is 0 Å². The van der Waals surface area contributed by atoms with Crippen LogP contribution in [0.25, 0.3) is 11.0 Å². The van der Waals surface area contributed by atoms with Gasteiger partial charge in [-0.05, 0) is 81.1 Å². The van der Waals surface area contributed by atoms with Gasteiger partial charge in [-0.3, -0.25) is 4.99 Å². The third-order valence-corrected chi connectivity index (χ3v) is 7.06. The van der Waals surface area contributed by atoms with Crippen molar-refractivity contribution in [2.24, 2.45) is 18.0 Å². The Balaban J connectivity index is 1.60. The number of benzene rings is 1. The fourth-order valence-electron chi connectivity index (χ4n) is 4.93. The van der Waals surface area contributed by atoms with E-state index in [0.717, 1.165) is 40.5 Å². The van der Waals surface area contributed by atoms with Crippen LogP contribution in [0.5, 0.6) is 0 Å². The summed E-state index contributed by atoms with van der Waals surface area (Å²) in [6.07, 6.45) is 0.877. The Morgan fingerprint density at radius 1 is 1.12 bits per heavy atom. The highest BCUT2D eigenvalue weighted by Crippen LogP contribution is 2.49. The van der Waals surface area contributed by atoms with Gasteiger partial charge in [0.2, 0.25) is 0 Å². The molecule has 1 aliphatic heterocycles. The Morgan fingerprint density at radius 3 is 2.47 bits per heavy atom. The molecule has 0 N–H and O–H groups in total. The smallest absolute Gasteiger partial charge is 0.331 e. The molecule has 2 aliphatic rings. The van der Waals surface area contributed by atoms with Gasteiger partial charge in [0.25, 0.3) is 0 Å².